The van der Waals surface area contributed by atoms with Gasteiger partial charge in [-0.25, -0.2) is 0 Å². The van der Waals surface area contributed by atoms with E-state index in [1.54, 1.807) is 24.0 Å². The molecular formula is C20H23ClN4O2S. The molecule has 6 nitrogen and oxygen atoms in total. The van der Waals surface area contributed by atoms with E-state index in [1.165, 1.54) is 0 Å². The summed E-state index contributed by atoms with van der Waals surface area (Å²) in [5.41, 5.74) is 1.39. The number of carbonyl (C=O) groups is 1. The first kappa shape index (κ1) is 19.5. The molecule has 4 rings (SSSR count). The first-order chi connectivity index (χ1) is 13.5. The molecule has 2 aliphatic heterocycles. The summed E-state index contributed by atoms with van der Waals surface area (Å²) < 4.78 is 0. The highest BCUT2D eigenvalue weighted by Crippen LogP contribution is 2.39. The summed E-state index contributed by atoms with van der Waals surface area (Å²) in [5.74, 6) is 0.729. The molecule has 1 saturated heterocycles. The molecule has 0 spiro atoms. The van der Waals surface area contributed by atoms with Crippen LogP contribution in [0.2, 0.25) is 5.02 Å². The van der Waals surface area contributed by atoms with Crippen LogP contribution in [0, 0.1) is 5.92 Å². The van der Waals surface area contributed by atoms with Gasteiger partial charge in [-0.05, 0) is 31.4 Å². The van der Waals surface area contributed by atoms with E-state index >= 15 is 0 Å². The van der Waals surface area contributed by atoms with Gasteiger partial charge < -0.3 is 10.0 Å². The molecular weight excluding hydrogens is 396 g/mol. The number of aromatic amines is 1. The average Bonchev–Trinajstić information content (AvgIpc) is 3.40. The lowest BCUT2D eigenvalue weighted by Crippen LogP contribution is -2.47. The molecule has 28 heavy (non-hydrogen) atoms. The SMILES string of the molecule is CCc1ccc(Cl)c(C2(O)CCN(C(=O)C3C=C(c4cn[nH]c4)SC3)CC2)n1. The molecule has 0 aliphatic carbocycles. The van der Waals surface area contributed by atoms with E-state index in [-0.39, 0.29) is 11.8 Å². The predicted molar refractivity (Wildman–Crippen MR) is 111 cm³/mol. The molecule has 2 N–H and O–H groups in total. The van der Waals surface area contributed by atoms with E-state index in [2.05, 4.69) is 15.2 Å². The molecule has 0 saturated carbocycles. The number of nitrogens with one attached hydrogen (secondary N) is 1. The summed E-state index contributed by atoms with van der Waals surface area (Å²) >= 11 is 8.00. The van der Waals surface area contributed by atoms with Crippen molar-refractivity contribution in [2.75, 3.05) is 18.8 Å². The summed E-state index contributed by atoms with van der Waals surface area (Å²) in [4.78, 5) is 20.5. The largest absolute Gasteiger partial charge is 0.383 e. The minimum atomic E-state index is -1.08. The van der Waals surface area contributed by atoms with Crippen molar-refractivity contribution in [1.29, 1.82) is 0 Å². The lowest BCUT2D eigenvalue weighted by atomic mass is 9.87. The van der Waals surface area contributed by atoms with Crippen LogP contribution >= 0.6 is 23.4 Å². The Labute approximate surface area is 173 Å². The highest BCUT2D eigenvalue weighted by molar-refractivity contribution is 8.08. The second-order valence-electron chi connectivity index (χ2n) is 7.28. The number of nitrogens with zero attached hydrogens (tertiary/aromatic N) is 3. The highest BCUT2D eigenvalue weighted by Gasteiger charge is 2.39. The summed E-state index contributed by atoms with van der Waals surface area (Å²) in [6, 6.07) is 3.69. The minimum Gasteiger partial charge on any atom is -0.383 e. The fraction of sp³-hybridized carbons (Fsp3) is 0.450. The Kier molecular flexibility index (Phi) is 5.49. The van der Waals surface area contributed by atoms with Gasteiger partial charge in [0, 0.05) is 41.2 Å². The molecule has 0 aromatic carbocycles. The maximum atomic E-state index is 13.0. The van der Waals surface area contributed by atoms with Crippen molar-refractivity contribution in [3.63, 3.8) is 0 Å². The summed E-state index contributed by atoms with van der Waals surface area (Å²) in [5, 5.41) is 18.4. The van der Waals surface area contributed by atoms with Gasteiger partial charge in [0.25, 0.3) is 0 Å². The number of halogens is 1. The van der Waals surface area contributed by atoms with Crippen molar-refractivity contribution >= 4 is 34.2 Å². The Morgan fingerprint density at radius 3 is 2.89 bits per heavy atom. The van der Waals surface area contributed by atoms with Crippen LogP contribution in [0.3, 0.4) is 0 Å². The summed E-state index contributed by atoms with van der Waals surface area (Å²) in [7, 11) is 0. The predicted octanol–water partition coefficient (Wildman–Crippen LogP) is 3.23. The third kappa shape index (κ3) is 3.71. The number of hydrogen-bond acceptors (Lipinski definition) is 5. The normalized spacial score (nSPS) is 21.6. The lowest BCUT2D eigenvalue weighted by Gasteiger charge is -2.39. The Bertz CT molecular complexity index is 892. The third-order valence-electron chi connectivity index (χ3n) is 5.48. The number of aliphatic hydroxyl groups is 1. The Morgan fingerprint density at radius 2 is 2.21 bits per heavy atom. The molecule has 4 heterocycles. The van der Waals surface area contributed by atoms with Gasteiger partial charge >= 0.3 is 0 Å². The first-order valence-corrected chi connectivity index (χ1v) is 10.9. The molecule has 2 aromatic heterocycles. The van der Waals surface area contributed by atoms with Gasteiger partial charge in [0.1, 0.15) is 5.60 Å². The number of amides is 1. The fourth-order valence-electron chi connectivity index (χ4n) is 3.74. The number of aromatic nitrogens is 3. The molecule has 2 aromatic rings. The highest BCUT2D eigenvalue weighted by atomic mass is 35.5. The monoisotopic (exact) mass is 418 g/mol. The van der Waals surface area contributed by atoms with Crippen LogP contribution in [0.25, 0.3) is 4.91 Å². The Hall–Kier alpha value is -1.83. The van der Waals surface area contributed by atoms with E-state index in [0.29, 0.717) is 36.6 Å². The number of pyridine rings is 1. The zero-order chi connectivity index (χ0) is 19.7. The molecule has 8 heteroatoms. The van der Waals surface area contributed by atoms with Crippen molar-refractivity contribution in [3.8, 4) is 0 Å². The van der Waals surface area contributed by atoms with Crippen LogP contribution in [-0.2, 0) is 16.8 Å². The summed E-state index contributed by atoms with van der Waals surface area (Å²) in [6.45, 7) is 3.02. The standard InChI is InChI=1S/C20H23ClN4O2S/c1-2-15-3-4-16(21)18(24-15)20(27)5-7-25(8-6-20)19(26)13-9-17(28-12-13)14-10-22-23-11-14/h3-4,9-11,13,27H,2,5-8,12H2,1H3,(H,22,23). The van der Waals surface area contributed by atoms with Crippen LogP contribution in [0.4, 0.5) is 0 Å². The number of carbonyl (C=O) groups excluding carboxylic acids is 1. The number of rotatable bonds is 4. The Morgan fingerprint density at radius 1 is 1.43 bits per heavy atom. The van der Waals surface area contributed by atoms with Gasteiger partial charge in [0.15, 0.2) is 0 Å². The van der Waals surface area contributed by atoms with E-state index in [1.807, 2.05) is 30.2 Å². The quantitative estimate of drug-likeness (QED) is 0.796. The van der Waals surface area contributed by atoms with Crippen LogP contribution in [0.5, 0.6) is 0 Å². The van der Waals surface area contributed by atoms with E-state index in [4.69, 9.17) is 11.6 Å². The maximum absolute atomic E-state index is 13.0. The van der Waals surface area contributed by atoms with Crippen molar-refractivity contribution in [1.82, 2.24) is 20.1 Å². The second kappa shape index (κ2) is 7.89. The smallest absolute Gasteiger partial charge is 0.230 e. The molecule has 2 aliphatic rings. The van der Waals surface area contributed by atoms with Crippen molar-refractivity contribution in [2.24, 2.45) is 5.92 Å². The van der Waals surface area contributed by atoms with Crippen LogP contribution < -0.4 is 0 Å². The fourth-order valence-corrected chi connectivity index (χ4v) is 5.16. The van der Waals surface area contributed by atoms with Gasteiger partial charge in [-0.2, -0.15) is 5.10 Å². The summed E-state index contributed by atoms with van der Waals surface area (Å²) in [6.07, 6.45) is 7.31. The molecule has 148 valence electrons. The average molecular weight is 419 g/mol. The van der Waals surface area contributed by atoms with E-state index < -0.39 is 5.60 Å². The van der Waals surface area contributed by atoms with Gasteiger partial charge in [0.05, 0.1) is 22.8 Å². The third-order valence-corrected chi connectivity index (χ3v) is 6.99. The zero-order valence-corrected chi connectivity index (χ0v) is 17.3. The second-order valence-corrected chi connectivity index (χ2v) is 8.75. The number of likely N-dealkylation sites (tertiary alicyclic amines) is 1. The number of H-pyrrole nitrogens is 1. The van der Waals surface area contributed by atoms with Gasteiger partial charge in [-0.1, -0.05) is 24.6 Å². The Balaban J connectivity index is 1.43. The van der Waals surface area contributed by atoms with Gasteiger partial charge in [-0.3, -0.25) is 14.9 Å². The maximum Gasteiger partial charge on any atom is 0.230 e. The molecule has 1 unspecified atom stereocenters. The molecule has 1 fully saturated rings. The number of thioether (sulfide) groups is 1. The minimum absolute atomic E-state index is 0.120. The van der Waals surface area contributed by atoms with Crippen LogP contribution in [-0.4, -0.2) is 49.9 Å². The van der Waals surface area contributed by atoms with Crippen LogP contribution in [0.1, 0.15) is 36.7 Å². The first-order valence-electron chi connectivity index (χ1n) is 9.51. The van der Waals surface area contributed by atoms with Gasteiger partial charge in [-0.15, -0.1) is 11.8 Å². The van der Waals surface area contributed by atoms with E-state index in [9.17, 15) is 9.90 Å². The molecule has 0 bridgehead atoms. The van der Waals surface area contributed by atoms with Crippen LogP contribution in [0.15, 0.2) is 30.6 Å². The van der Waals surface area contributed by atoms with E-state index in [0.717, 1.165) is 28.3 Å². The zero-order valence-electron chi connectivity index (χ0n) is 15.7. The van der Waals surface area contributed by atoms with Gasteiger partial charge in [0.2, 0.25) is 5.91 Å². The van der Waals surface area contributed by atoms with Crippen molar-refractivity contribution < 1.29 is 9.90 Å². The number of piperidine rings is 1. The topological polar surface area (TPSA) is 82.1 Å². The van der Waals surface area contributed by atoms with Crippen molar-refractivity contribution in [2.45, 2.75) is 31.8 Å². The van der Waals surface area contributed by atoms with Crippen molar-refractivity contribution in [3.05, 3.63) is 52.6 Å². The lowest BCUT2D eigenvalue weighted by molar-refractivity contribution is -0.138. The molecule has 0 radical (unpaired) electrons. The molecule has 1 amide bonds. The number of hydrogen-bond donors (Lipinski definition) is 2. The molecule has 1 atom stereocenters. The number of aryl methyl sites for hydroxylation is 1.